The van der Waals surface area contributed by atoms with Crippen molar-refractivity contribution in [1.82, 2.24) is 4.98 Å². The zero-order chi connectivity index (χ0) is 16.9. The van der Waals surface area contributed by atoms with Gasteiger partial charge in [-0.25, -0.2) is 18.2 Å². The number of methoxy groups -OCH3 is 1. The summed E-state index contributed by atoms with van der Waals surface area (Å²) in [5, 5.41) is -0.0535. The molecule has 2 N–H and O–H groups in total. The Hall–Kier alpha value is -2.61. The number of rotatable bonds is 6. The molecular weight excluding hydrogens is 320 g/mol. The first-order valence-corrected chi connectivity index (χ1v) is 8.18. The van der Waals surface area contributed by atoms with Crippen LogP contribution >= 0.6 is 0 Å². The van der Waals surface area contributed by atoms with E-state index in [4.69, 9.17) is 10.5 Å². The summed E-state index contributed by atoms with van der Waals surface area (Å²) in [4.78, 5) is 14.6. The summed E-state index contributed by atoms with van der Waals surface area (Å²) in [6.07, 6.45) is 0.983. The normalized spacial score (nSPS) is 11.0. The van der Waals surface area contributed by atoms with Crippen molar-refractivity contribution in [1.29, 1.82) is 0 Å². The lowest BCUT2D eigenvalue weighted by atomic mass is 10.2. The lowest BCUT2D eigenvalue weighted by Gasteiger charge is -2.06. The van der Waals surface area contributed by atoms with Gasteiger partial charge in [0.05, 0.1) is 18.6 Å². The first-order chi connectivity index (χ1) is 10.9. The van der Waals surface area contributed by atoms with Gasteiger partial charge < -0.3 is 15.2 Å². The Bertz CT molecular complexity index is 771. The van der Waals surface area contributed by atoms with Crippen molar-refractivity contribution in [3.63, 3.8) is 0 Å². The van der Waals surface area contributed by atoms with Gasteiger partial charge in [0.2, 0.25) is 9.84 Å². The SMILES string of the molecule is COc1ccc(S(=O)(=O)c2ccc(CCOC(N)=O)cn2)cc1. The van der Waals surface area contributed by atoms with Crippen LogP contribution in [0.3, 0.4) is 0 Å². The monoisotopic (exact) mass is 336 g/mol. The van der Waals surface area contributed by atoms with Gasteiger partial charge in [-0.3, -0.25) is 0 Å². The van der Waals surface area contributed by atoms with Gasteiger partial charge >= 0.3 is 6.09 Å². The molecule has 0 unspecified atom stereocenters. The summed E-state index contributed by atoms with van der Waals surface area (Å²) in [6.45, 7) is 0.113. The molecule has 23 heavy (non-hydrogen) atoms. The molecule has 8 heteroatoms. The zero-order valence-corrected chi connectivity index (χ0v) is 13.2. The predicted molar refractivity (Wildman–Crippen MR) is 81.9 cm³/mol. The Labute approximate surface area is 134 Å². The summed E-state index contributed by atoms with van der Waals surface area (Å²) < 4.78 is 34.5. The van der Waals surface area contributed by atoms with Crippen molar-refractivity contribution in [3.8, 4) is 5.75 Å². The molecule has 7 nitrogen and oxygen atoms in total. The zero-order valence-electron chi connectivity index (χ0n) is 12.4. The van der Waals surface area contributed by atoms with Crippen molar-refractivity contribution < 1.29 is 22.7 Å². The standard InChI is InChI=1S/C15H16N2O5S/c1-21-12-3-5-13(6-4-12)23(19,20)14-7-2-11(10-17-14)8-9-22-15(16)18/h2-7,10H,8-9H2,1H3,(H2,16,18). The lowest BCUT2D eigenvalue weighted by molar-refractivity contribution is 0.158. The fourth-order valence-electron chi connectivity index (χ4n) is 1.86. The maximum atomic E-state index is 12.5. The number of primary amides is 1. The number of nitrogens with zero attached hydrogens (tertiary/aromatic N) is 1. The molecule has 0 aliphatic carbocycles. The molecule has 2 aromatic rings. The summed E-state index contributed by atoms with van der Waals surface area (Å²) in [6, 6.07) is 9.10. The molecule has 0 atom stereocenters. The smallest absolute Gasteiger partial charge is 0.404 e. The third-order valence-corrected chi connectivity index (χ3v) is 4.76. The highest BCUT2D eigenvalue weighted by atomic mass is 32.2. The molecule has 0 saturated carbocycles. The van der Waals surface area contributed by atoms with E-state index < -0.39 is 15.9 Å². The van der Waals surface area contributed by atoms with E-state index in [9.17, 15) is 13.2 Å². The number of aromatic nitrogens is 1. The van der Waals surface area contributed by atoms with Gasteiger partial charge in [-0.05, 0) is 35.9 Å². The van der Waals surface area contributed by atoms with E-state index in [1.165, 1.54) is 31.5 Å². The highest BCUT2D eigenvalue weighted by Gasteiger charge is 2.19. The van der Waals surface area contributed by atoms with Crippen LogP contribution in [0.2, 0.25) is 0 Å². The van der Waals surface area contributed by atoms with Crippen LogP contribution in [0.1, 0.15) is 5.56 Å². The van der Waals surface area contributed by atoms with E-state index in [0.717, 1.165) is 5.56 Å². The summed E-state index contributed by atoms with van der Waals surface area (Å²) in [5.74, 6) is 0.571. The maximum absolute atomic E-state index is 12.5. The molecule has 2 rings (SSSR count). The molecule has 122 valence electrons. The Morgan fingerprint density at radius 1 is 1.17 bits per heavy atom. The molecule has 0 saturated heterocycles. The van der Waals surface area contributed by atoms with Crippen LogP contribution in [0, 0.1) is 0 Å². The quantitative estimate of drug-likeness (QED) is 0.857. The molecule has 1 aromatic heterocycles. The molecular formula is C15H16N2O5S. The second kappa shape index (κ2) is 7.10. The van der Waals surface area contributed by atoms with Crippen molar-refractivity contribution in [3.05, 3.63) is 48.2 Å². The minimum Gasteiger partial charge on any atom is -0.497 e. The number of nitrogens with two attached hydrogens (primary N) is 1. The number of amides is 1. The number of carbonyl (C=O) groups excluding carboxylic acids is 1. The second-order valence-corrected chi connectivity index (χ2v) is 6.50. The van der Waals surface area contributed by atoms with E-state index in [1.807, 2.05) is 0 Å². The summed E-state index contributed by atoms with van der Waals surface area (Å²) >= 11 is 0. The molecule has 0 bridgehead atoms. The Kier molecular flexibility index (Phi) is 5.17. The van der Waals surface area contributed by atoms with E-state index in [0.29, 0.717) is 12.2 Å². The van der Waals surface area contributed by atoms with E-state index in [-0.39, 0.29) is 16.5 Å². The highest BCUT2D eigenvalue weighted by Crippen LogP contribution is 2.21. The number of hydrogen-bond acceptors (Lipinski definition) is 6. The number of hydrogen-bond donors (Lipinski definition) is 1. The van der Waals surface area contributed by atoms with Crippen LogP contribution in [0.15, 0.2) is 52.5 Å². The third kappa shape index (κ3) is 4.19. The first-order valence-electron chi connectivity index (χ1n) is 6.70. The van der Waals surface area contributed by atoms with Crippen LogP contribution in [0.25, 0.3) is 0 Å². The number of sulfone groups is 1. The number of carbonyl (C=O) groups is 1. The van der Waals surface area contributed by atoms with Gasteiger partial charge in [0.15, 0.2) is 5.03 Å². The fourth-order valence-corrected chi connectivity index (χ4v) is 3.04. The van der Waals surface area contributed by atoms with Crippen molar-refractivity contribution in [2.45, 2.75) is 16.3 Å². The van der Waals surface area contributed by atoms with Crippen LogP contribution in [0.5, 0.6) is 5.75 Å². The molecule has 0 spiro atoms. The average Bonchev–Trinajstić information content (AvgIpc) is 2.55. The molecule has 1 heterocycles. The molecule has 1 aromatic carbocycles. The minimum atomic E-state index is -3.69. The molecule has 0 radical (unpaired) electrons. The van der Waals surface area contributed by atoms with Crippen LogP contribution in [-0.2, 0) is 21.0 Å². The van der Waals surface area contributed by atoms with E-state index in [1.54, 1.807) is 18.2 Å². The largest absolute Gasteiger partial charge is 0.497 e. The Morgan fingerprint density at radius 2 is 1.87 bits per heavy atom. The summed E-state index contributed by atoms with van der Waals surface area (Å²) in [7, 11) is -2.18. The summed E-state index contributed by atoms with van der Waals surface area (Å²) in [5.41, 5.74) is 5.59. The Morgan fingerprint density at radius 3 is 2.39 bits per heavy atom. The fraction of sp³-hybridized carbons (Fsp3) is 0.200. The van der Waals surface area contributed by atoms with Gasteiger partial charge in [-0.15, -0.1) is 0 Å². The van der Waals surface area contributed by atoms with Crippen LogP contribution in [0.4, 0.5) is 4.79 Å². The predicted octanol–water partition coefficient (Wildman–Crippen LogP) is 1.56. The van der Waals surface area contributed by atoms with Crippen LogP contribution < -0.4 is 10.5 Å². The molecule has 1 amide bonds. The lowest BCUT2D eigenvalue weighted by Crippen LogP contribution is -2.14. The second-order valence-electron chi connectivity index (χ2n) is 4.60. The van der Waals surface area contributed by atoms with Crippen molar-refractivity contribution in [2.75, 3.05) is 13.7 Å². The third-order valence-electron chi connectivity index (χ3n) is 3.08. The van der Waals surface area contributed by atoms with Gasteiger partial charge in [-0.2, -0.15) is 0 Å². The number of benzene rings is 1. The van der Waals surface area contributed by atoms with Crippen molar-refractivity contribution in [2.24, 2.45) is 5.73 Å². The molecule has 0 fully saturated rings. The number of pyridine rings is 1. The van der Waals surface area contributed by atoms with Crippen LogP contribution in [-0.4, -0.2) is 33.2 Å². The van der Waals surface area contributed by atoms with Crippen molar-refractivity contribution >= 4 is 15.9 Å². The van der Waals surface area contributed by atoms with Gasteiger partial charge in [0.25, 0.3) is 0 Å². The maximum Gasteiger partial charge on any atom is 0.404 e. The van der Waals surface area contributed by atoms with Gasteiger partial charge in [0, 0.05) is 12.6 Å². The average molecular weight is 336 g/mol. The van der Waals surface area contributed by atoms with E-state index >= 15 is 0 Å². The molecule has 0 aliphatic heterocycles. The number of ether oxygens (including phenoxy) is 2. The highest BCUT2D eigenvalue weighted by molar-refractivity contribution is 7.91. The van der Waals surface area contributed by atoms with E-state index in [2.05, 4.69) is 9.72 Å². The minimum absolute atomic E-state index is 0.0535. The first kappa shape index (κ1) is 16.8. The topological polar surface area (TPSA) is 109 Å². The van der Waals surface area contributed by atoms with Gasteiger partial charge in [0.1, 0.15) is 5.75 Å². The Balaban J connectivity index is 2.14. The molecule has 0 aliphatic rings. The van der Waals surface area contributed by atoms with Gasteiger partial charge in [-0.1, -0.05) is 6.07 Å².